The number of hydrogen-bond acceptors (Lipinski definition) is 3. The van der Waals surface area contributed by atoms with Gasteiger partial charge in [0.25, 0.3) is 0 Å². The van der Waals surface area contributed by atoms with Gasteiger partial charge in [0, 0.05) is 15.6 Å². The Bertz CT molecular complexity index is 552. The molecule has 100 valence electrons. The number of rotatable bonds is 1. The number of halogens is 1. The Morgan fingerprint density at radius 1 is 1.28 bits per heavy atom. The predicted octanol–water partition coefficient (Wildman–Crippen LogP) is 3.84. The highest BCUT2D eigenvalue weighted by molar-refractivity contribution is 9.10. The minimum Gasteiger partial charge on any atom is -0.442 e. The summed E-state index contributed by atoms with van der Waals surface area (Å²) in [6, 6.07) is 6.84. The summed E-state index contributed by atoms with van der Waals surface area (Å²) >= 11 is 3.29. The van der Waals surface area contributed by atoms with E-state index in [2.05, 4.69) is 20.3 Å². The fourth-order valence-corrected chi connectivity index (χ4v) is 2.50. The van der Waals surface area contributed by atoms with E-state index in [1.165, 1.54) is 6.26 Å². The Labute approximate surface area is 116 Å². The zero-order chi connectivity index (χ0) is 14.0. The van der Waals surface area contributed by atoms with Crippen molar-refractivity contribution in [2.24, 2.45) is 4.36 Å². The Morgan fingerprint density at radius 2 is 1.78 bits per heavy atom. The van der Waals surface area contributed by atoms with E-state index in [-0.39, 0.29) is 0 Å². The first-order valence-electron chi connectivity index (χ1n) is 5.31. The van der Waals surface area contributed by atoms with Gasteiger partial charge in [-0.3, -0.25) is 0 Å². The van der Waals surface area contributed by atoms with Crippen molar-refractivity contribution in [2.75, 3.05) is 6.26 Å². The van der Waals surface area contributed by atoms with Gasteiger partial charge in [0.15, 0.2) is 0 Å². The first kappa shape index (κ1) is 15.2. The first-order chi connectivity index (χ1) is 8.10. The normalized spacial score (nSPS) is 14.7. The Hall–Kier alpha value is -0.880. The topological polar surface area (TPSA) is 55.7 Å². The number of amides is 1. The van der Waals surface area contributed by atoms with Crippen LogP contribution in [0, 0.1) is 0 Å². The maximum Gasteiger partial charge on any atom is 0.442 e. The van der Waals surface area contributed by atoms with Gasteiger partial charge in [0.1, 0.15) is 5.60 Å². The van der Waals surface area contributed by atoms with Crippen LogP contribution in [0.1, 0.15) is 20.8 Å². The average Bonchev–Trinajstić information content (AvgIpc) is 2.13. The minimum absolute atomic E-state index is 0.497. The smallest absolute Gasteiger partial charge is 0.442 e. The maximum atomic E-state index is 12.3. The van der Waals surface area contributed by atoms with Crippen LogP contribution >= 0.6 is 15.9 Å². The van der Waals surface area contributed by atoms with Crippen molar-refractivity contribution in [3.05, 3.63) is 28.7 Å². The van der Waals surface area contributed by atoms with Crippen LogP contribution in [-0.2, 0) is 14.5 Å². The van der Waals surface area contributed by atoms with Crippen molar-refractivity contribution in [3.63, 3.8) is 0 Å². The van der Waals surface area contributed by atoms with E-state index in [4.69, 9.17) is 4.74 Å². The second kappa shape index (κ2) is 5.40. The molecule has 0 fully saturated rings. The van der Waals surface area contributed by atoms with Gasteiger partial charge in [0.05, 0.1) is 9.73 Å². The molecule has 0 aliphatic rings. The summed E-state index contributed by atoms with van der Waals surface area (Å²) in [6.07, 6.45) is 0.609. The van der Waals surface area contributed by atoms with Crippen LogP contribution in [0.3, 0.4) is 0 Å². The van der Waals surface area contributed by atoms with E-state index in [1.807, 2.05) is 0 Å². The van der Waals surface area contributed by atoms with Gasteiger partial charge >= 0.3 is 6.09 Å². The molecule has 18 heavy (non-hydrogen) atoms. The van der Waals surface area contributed by atoms with Gasteiger partial charge in [0.2, 0.25) is 0 Å². The molecule has 0 unspecified atom stereocenters. The number of benzene rings is 1. The third-order valence-electron chi connectivity index (χ3n) is 1.89. The molecule has 1 aromatic rings. The standard InChI is InChI=1S/C12H16BrNO3S/c1-12(2,3)17-11(15)14-18(4,16)10-7-5-9(13)6-8-10/h5-8H,1-4H3/t18-/m0/s1. The molecule has 0 spiro atoms. The molecule has 1 rings (SSSR count). The Balaban J connectivity index is 3.03. The summed E-state index contributed by atoms with van der Waals surface area (Å²) in [7, 11) is -2.77. The van der Waals surface area contributed by atoms with Gasteiger partial charge in [-0.1, -0.05) is 15.9 Å². The first-order valence-corrected chi connectivity index (χ1v) is 8.02. The van der Waals surface area contributed by atoms with E-state index in [0.717, 1.165) is 4.47 Å². The lowest BCUT2D eigenvalue weighted by Gasteiger charge is -2.17. The Morgan fingerprint density at radius 3 is 2.22 bits per heavy atom. The van der Waals surface area contributed by atoms with Crippen LogP contribution in [0.5, 0.6) is 0 Å². The SMILES string of the molecule is CC(C)(C)OC(=O)N=[S@@](C)(=O)c1ccc(Br)cc1. The lowest BCUT2D eigenvalue weighted by molar-refractivity contribution is 0.0607. The molecule has 1 amide bonds. The van der Waals surface area contributed by atoms with Crippen molar-refractivity contribution in [1.82, 2.24) is 0 Å². The summed E-state index contributed by atoms with van der Waals surface area (Å²) in [6.45, 7) is 5.20. The molecule has 0 bridgehead atoms. The number of nitrogens with zero attached hydrogens (tertiary/aromatic N) is 1. The van der Waals surface area contributed by atoms with Crippen LogP contribution in [0.4, 0.5) is 4.79 Å². The van der Waals surface area contributed by atoms with Gasteiger partial charge < -0.3 is 4.74 Å². The number of carbonyl (C=O) groups excluding carboxylic acids is 1. The third-order valence-corrected chi connectivity index (χ3v) is 4.07. The van der Waals surface area contributed by atoms with E-state index < -0.39 is 21.4 Å². The quantitative estimate of drug-likeness (QED) is 0.784. The van der Waals surface area contributed by atoms with Gasteiger partial charge in [-0.2, -0.15) is 0 Å². The predicted molar refractivity (Wildman–Crippen MR) is 75.1 cm³/mol. The molecule has 0 aliphatic carbocycles. The van der Waals surface area contributed by atoms with Crippen LogP contribution in [-0.4, -0.2) is 22.2 Å². The monoisotopic (exact) mass is 333 g/mol. The van der Waals surface area contributed by atoms with Crippen LogP contribution in [0.2, 0.25) is 0 Å². The minimum atomic E-state index is -2.77. The van der Waals surface area contributed by atoms with Crippen LogP contribution < -0.4 is 0 Å². The summed E-state index contributed by atoms with van der Waals surface area (Å²) in [5, 5.41) is 0. The van der Waals surface area contributed by atoms with Crippen LogP contribution in [0.25, 0.3) is 0 Å². The largest absolute Gasteiger partial charge is 0.442 e. The lowest BCUT2D eigenvalue weighted by atomic mass is 10.2. The fraction of sp³-hybridized carbons (Fsp3) is 0.417. The molecule has 0 heterocycles. The van der Waals surface area contributed by atoms with Crippen molar-refractivity contribution in [2.45, 2.75) is 31.3 Å². The van der Waals surface area contributed by atoms with E-state index >= 15 is 0 Å². The molecule has 0 radical (unpaired) electrons. The summed E-state index contributed by atoms with van der Waals surface area (Å²) in [4.78, 5) is 12.0. The van der Waals surface area contributed by atoms with Crippen molar-refractivity contribution < 1.29 is 13.7 Å². The van der Waals surface area contributed by atoms with Crippen molar-refractivity contribution in [3.8, 4) is 0 Å². The second-order valence-corrected chi connectivity index (χ2v) is 8.00. The average molecular weight is 334 g/mol. The Kier molecular flexibility index (Phi) is 4.55. The fourth-order valence-electron chi connectivity index (χ4n) is 1.16. The van der Waals surface area contributed by atoms with Crippen molar-refractivity contribution >= 4 is 31.8 Å². The zero-order valence-corrected chi connectivity index (χ0v) is 13.2. The van der Waals surface area contributed by atoms with E-state index in [9.17, 15) is 9.00 Å². The molecule has 0 saturated heterocycles. The zero-order valence-electron chi connectivity index (χ0n) is 10.8. The molecular weight excluding hydrogens is 318 g/mol. The molecule has 6 heteroatoms. The summed E-state index contributed by atoms with van der Waals surface area (Å²) < 4.78 is 21.9. The van der Waals surface area contributed by atoms with Gasteiger partial charge in [-0.05, 0) is 45.0 Å². The molecule has 0 aromatic heterocycles. The molecule has 1 atom stereocenters. The molecule has 1 aromatic carbocycles. The molecule has 0 saturated carbocycles. The second-order valence-electron chi connectivity index (χ2n) is 4.83. The maximum absolute atomic E-state index is 12.3. The number of hydrogen-bond donors (Lipinski definition) is 0. The van der Waals surface area contributed by atoms with Crippen LogP contribution in [0.15, 0.2) is 38.0 Å². The highest BCUT2D eigenvalue weighted by atomic mass is 79.9. The van der Waals surface area contributed by atoms with Gasteiger partial charge in [-0.15, -0.1) is 4.36 Å². The number of carbonyl (C=O) groups is 1. The summed E-state index contributed by atoms with van der Waals surface area (Å²) in [5.74, 6) is 0. The highest BCUT2D eigenvalue weighted by Gasteiger charge is 2.17. The van der Waals surface area contributed by atoms with Gasteiger partial charge in [-0.25, -0.2) is 9.00 Å². The molecule has 0 aliphatic heterocycles. The molecule has 0 N–H and O–H groups in total. The van der Waals surface area contributed by atoms with Crippen molar-refractivity contribution in [1.29, 1.82) is 0 Å². The third kappa shape index (κ3) is 4.78. The molecular formula is C12H16BrNO3S. The molecule has 4 nitrogen and oxygen atoms in total. The number of ether oxygens (including phenoxy) is 1. The lowest BCUT2D eigenvalue weighted by Crippen LogP contribution is -2.22. The highest BCUT2D eigenvalue weighted by Crippen LogP contribution is 2.17. The van der Waals surface area contributed by atoms with E-state index in [1.54, 1.807) is 45.0 Å². The summed E-state index contributed by atoms with van der Waals surface area (Å²) in [5.41, 5.74) is -0.643. The van der Waals surface area contributed by atoms with E-state index in [0.29, 0.717) is 4.90 Å².